The number of benzene rings is 2. The molecule has 0 unspecified atom stereocenters. The van der Waals surface area contributed by atoms with Gasteiger partial charge in [-0.2, -0.15) is 16.5 Å². The van der Waals surface area contributed by atoms with Gasteiger partial charge in [0.25, 0.3) is 11.8 Å². The molecule has 1 atom stereocenters. The van der Waals surface area contributed by atoms with Crippen molar-refractivity contribution < 1.29 is 37.0 Å². The van der Waals surface area contributed by atoms with Crippen molar-refractivity contribution in [2.24, 2.45) is 0 Å². The van der Waals surface area contributed by atoms with E-state index in [1.54, 1.807) is 6.07 Å². The molecule has 0 fully saturated rings. The fourth-order valence-electron chi connectivity index (χ4n) is 3.18. The molecule has 0 bridgehead atoms. The van der Waals surface area contributed by atoms with Crippen molar-refractivity contribution in [3.63, 3.8) is 0 Å². The summed E-state index contributed by atoms with van der Waals surface area (Å²) < 4.78 is 49.6. The molecule has 2 aromatic carbocycles. The molecular formula is C22H27N3O8S2. The van der Waals surface area contributed by atoms with Crippen molar-refractivity contribution in [2.75, 3.05) is 39.4 Å². The molecule has 13 heteroatoms. The van der Waals surface area contributed by atoms with Crippen LogP contribution in [0, 0.1) is 0 Å². The number of hydrogen-bond donors (Lipinski definition) is 3. The van der Waals surface area contributed by atoms with Crippen LogP contribution in [0.4, 0.5) is 0 Å². The van der Waals surface area contributed by atoms with Gasteiger partial charge in [-0.05, 0) is 48.8 Å². The summed E-state index contributed by atoms with van der Waals surface area (Å²) in [6.07, 6.45) is 2.03. The van der Waals surface area contributed by atoms with Crippen molar-refractivity contribution in [2.45, 2.75) is 17.4 Å². The predicted molar refractivity (Wildman–Crippen MR) is 130 cm³/mol. The number of carbonyl (C=O) groups is 2. The van der Waals surface area contributed by atoms with Crippen LogP contribution in [0.5, 0.6) is 23.0 Å². The summed E-state index contributed by atoms with van der Waals surface area (Å²) in [5.41, 5.74) is 4.80. The van der Waals surface area contributed by atoms with Crippen LogP contribution in [0.15, 0.2) is 41.3 Å². The second-order valence-electron chi connectivity index (χ2n) is 7.27. The summed E-state index contributed by atoms with van der Waals surface area (Å²) in [7, 11) is -1.17. The molecule has 0 spiro atoms. The van der Waals surface area contributed by atoms with Gasteiger partial charge in [0.15, 0.2) is 23.0 Å². The molecule has 1 aliphatic rings. The average molecular weight is 526 g/mol. The first-order valence-corrected chi connectivity index (χ1v) is 13.4. The zero-order chi connectivity index (χ0) is 25.4. The van der Waals surface area contributed by atoms with Gasteiger partial charge < -0.3 is 18.9 Å². The molecule has 0 saturated heterocycles. The molecule has 1 heterocycles. The van der Waals surface area contributed by atoms with Crippen molar-refractivity contribution in [1.29, 1.82) is 0 Å². The molecule has 0 aliphatic carbocycles. The Balaban J connectivity index is 1.69. The zero-order valence-electron chi connectivity index (χ0n) is 19.5. The largest absolute Gasteiger partial charge is 0.493 e. The van der Waals surface area contributed by atoms with E-state index < -0.39 is 27.9 Å². The lowest BCUT2D eigenvalue weighted by molar-refractivity contribution is -0.123. The van der Waals surface area contributed by atoms with Crippen LogP contribution >= 0.6 is 11.8 Å². The number of sulfonamides is 1. The number of hydrogen-bond acceptors (Lipinski definition) is 9. The third-order valence-electron chi connectivity index (χ3n) is 4.99. The number of amides is 2. The summed E-state index contributed by atoms with van der Waals surface area (Å²) in [6.45, 7) is 0.686. The van der Waals surface area contributed by atoms with Gasteiger partial charge in [-0.15, -0.1) is 0 Å². The Morgan fingerprint density at radius 2 is 1.71 bits per heavy atom. The third-order valence-corrected chi connectivity index (χ3v) is 7.11. The molecular weight excluding hydrogens is 498 g/mol. The minimum atomic E-state index is -4.07. The van der Waals surface area contributed by atoms with E-state index in [1.165, 1.54) is 56.3 Å². The first kappa shape index (κ1) is 26.4. The van der Waals surface area contributed by atoms with Gasteiger partial charge in [-0.3, -0.25) is 20.4 Å². The lowest BCUT2D eigenvalue weighted by Crippen LogP contribution is -2.52. The van der Waals surface area contributed by atoms with Crippen LogP contribution in [0.3, 0.4) is 0 Å². The molecule has 190 valence electrons. The molecule has 0 saturated carbocycles. The topological polar surface area (TPSA) is 141 Å². The van der Waals surface area contributed by atoms with Crippen LogP contribution in [0.1, 0.15) is 16.8 Å². The Morgan fingerprint density at radius 1 is 1.00 bits per heavy atom. The molecule has 0 radical (unpaired) electrons. The quantitative estimate of drug-likeness (QED) is 0.392. The normalized spacial score (nSPS) is 13.5. The van der Waals surface area contributed by atoms with Gasteiger partial charge >= 0.3 is 0 Å². The number of fused-ring (bicyclic) bond motifs is 1. The average Bonchev–Trinajstić information content (AvgIpc) is 2.88. The van der Waals surface area contributed by atoms with Gasteiger partial charge in [-0.25, -0.2) is 8.42 Å². The standard InChI is InChI=1S/C22H27N3O8S2/c1-30-17-6-4-14(12-19(17)31-2)21(26)23-24-22(27)16(8-11-34-3)25-35(28,29)15-5-7-18-20(13-15)33-10-9-32-18/h4-7,12-13,16,25H,8-11H2,1-3H3,(H,23,26)(H,24,27)/t16-/m1/s1. The molecule has 35 heavy (non-hydrogen) atoms. The second-order valence-corrected chi connectivity index (χ2v) is 9.97. The van der Waals surface area contributed by atoms with Gasteiger partial charge in [-0.1, -0.05) is 0 Å². The first-order chi connectivity index (χ1) is 16.8. The van der Waals surface area contributed by atoms with E-state index in [4.69, 9.17) is 18.9 Å². The highest BCUT2D eigenvalue weighted by Crippen LogP contribution is 2.32. The number of carbonyl (C=O) groups excluding carboxylic acids is 2. The molecule has 0 aromatic heterocycles. The number of nitrogens with one attached hydrogen (secondary N) is 3. The second kappa shape index (κ2) is 12.0. The summed E-state index contributed by atoms with van der Waals surface area (Å²) in [5.74, 6) is 0.726. The third kappa shape index (κ3) is 6.71. The Bertz CT molecular complexity index is 1170. The van der Waals surface area contributed by atoms with E-state index in [0.717, 1.165) is 0 Å². The highest BCUT2D eigenvalue weighted by Gasteiger charge is 2.27. The number of methoxy groups -OCH3 is 2. The Kier molecular flexibility index (Phi) is 9.07. The molecule has 1 aliphatic heterocycles. The van der Waals surface area contributed by atoms with Crippen LogP contribution in [-0.2, 0) is 14.8 Å². The molecule has 2 aromatic rings. The predicted octanol–water partition coefficient (Wildman–Crippen LogP) is 1.34. The Hall–Kier alpha value is -3.16. The van der Waals surface area contributed by atoms with Crippen LogP contribution in [-0.4, -0.2) is 65.7 Å². The van der Waals surface area contributed by atoms with Crippen molar-refractivity contribution >= 4 is 33.6 Å². The maximum absolute atomic E-state index is 13.0. The SMILES string of the molecule is COc1ccc(C(=O)NNC(=O)[C@@H](CCSC)NS(=O)(=O)c2ccc3c(c2)OCCO3)cc1OC. The van der Waals surface area contributed by atoms with E-state index in [-0.39, 0.29) is 16.9 Å². The number of thioether (sulfide) groups is 1. The van der Waals surface area contributed by atoms with Crippen molar-refractivity contribution in [1.82, 2.24) is 15.6 Å². The minimum absolute atomic E-state index is 0.0712. The molecule has 2 amide bonds. The van der Waals surface area contributed by atoms with E-state index in [1.807, 2.05) is 6.26 Å². The van der Waals surface area contributed by atoms with E-state index in [0.29, 0.717) is 42.0 Å². The summed E-state index contributed by atoms with van der Waals surface area (Å²) in [4.78, 5) is 25.2. The van der Waals surface area contributed by atoms with Gasteiger partial charge in [0, 0.05) is 11.6 Å². The van der Waals surface area contributed by atoms with Crippen molar-refractivity contribution in [3.05, 3.63) is 42.0 Å². The Labute approximate surface area is 207 Å². The molecule has 11 nitrogen and oxygen atoms in total. The first-order valence-electron chi connectivity index (χ1n) is 10.5. The van der Waals surface area contributed by atoms with Crippen LogP contribution in [0.25, 0.3) is 0 Å². The lowest BCUT2D eigenvalue weighted by Gasteiger charge is -2.21. The maximum atomic E-state index is 13.0. The fourth-order valence-corrected chi connectivity index (χ4v) is 4.90. The van der Waals surface area contributed by atoms with Crippen LogP contribution in [0.2, 0.25) is 0 Å². The zero-order valence-corrected chi connectivity index (χ0v) is 21.1. The minimum Gasteiger partial charge on any atom is -0.493 e. The summed E-state index contributed by atoms with van der Waals surface area (Å²) in [5, 5.41) is 0. The molecule has 3 N–H and O–H groups in total. The van der Waals surface area contributed by atoms with Crippen LogP contribution < -0.4 is 34.5 Å². The smallest absolute Gasteiger partial charge is 0.269 e. The monoisotopic (exact) mass is 525 g/mol. The highest BCUT2D eigenvalue weighted by atomic mass is 32.2. The van der Waals surface area contributed by atoms with E-state index >= 15 is 0 Å². The summed E-state index contributed by atoms with van der Waals surface area (Å²) >= 11 is 1.45. The fraction of sp³-hybridized carbons (Fsp3) is 0.364. The Morgan fingerprint density at radius 3 is 2.40 bits per heavy atom. The van der Waals surface area contributed by atoms with Gasteiger partial charge in [0.1, 0.15) is 19.3 Å². The van der Waals surface area contributed by atoms with Crippen molar-refractivity contribution in [3.8, 4) is 23.0 Å². The molecule has 3 rings (SSSR count). The highest BCUT2D eigenvalue weighted by molar-refractivity contribution is 7.98. The number of rotatable bonds is 10. The maximum Gasteiger partial charge on any atom is 0.269 e. The van der Waals surface area contributed by atoms with E-state index in [2.05, 4.69) is 15.6 Å². The lowest BCUT2D eigenvalue weighted by atomic mass is 10.2. The number of ether oxygens (including phenoxy) is 4. The summed E-state index contributed by atoms with van der Waals surface area (Å²) in [6, 6.07) is 7.60. The van der Waals surface area contributed by atoms with E-state index in [9.17, 15) is 18.0 Å². The number of hydrazine groups is 1. The van der Waals surface area contributed by atoms with Gasteiger partial charge in [0.2, 0.25) is 10.0 Å². The van der Waals surface area contributed by atoms with Gasteiger partial charge in [0.05, 0.1) is 19.1 Å².